The van der Waals surface area contributed by atoms with Gasteiger partial charge < -0.3 is 15.3 Å². The molecule has 2 rings (SSSR count). The van der Waals surface area contributed by atoms with Gasteiger partial charge in [0.1, 0.15) is 11.3 Å². The van der Waals surface area contributed by atoms with Gasteiger partial charge in [0.15, 0.2) is 0 Å². The molecule has 1 saturated carbocycles. The molecule has 0 aromatic carbocycles. The topological polar surface area (TPSA) is 89.3 Å². The molecule has 2 unspecified atom stereocenters. The zero-order chi connectivity index (χ0) is 14.0. The smallest absolute Gasteiger partial charge is 0.323 e. The van der Waals surface area contributed by atoms with E-state index in [-0.39, 0.29) is 5.92 Å². The Bertz CT molecular complexity index is 455. The minimum absolute atomic E-state index is 0.0506. The Morgan fingerprint density at radius 1 is 1.63 bits per heavy atom. The Labute approximate surface area is 117 Å². The molecule has 0 aliphatic heterocycles. The van der Waals surface area contributed by atoms with Crippen LogP contribution in [-0.2, 0) is 4.79 Å². The van der Waals surface area contributed by atoms with E-state index in [1.807, 2.05) is 13.8 Å². The molecule has 0 radical (unpaired) electrons. The van der Waals surface area contributed by atoms with Gasteiger partial charge in [-0.1, -0.05) is 18.2 Å². The number of hydrogen-bond donors (Lipinski definition) is 2. The molecule has 5 nitrogen and oxygen atoms in total. The van der Waals surface area contributed by atoms with E-state index in [0.717, 1.165) is 36.5 Å². The second kappa shape index (κ2) is 5.54. The van der Waals surface area contributed by atoms with E-state index >= 15 is 0 Å². The number of carboxylic acid groups (broad SMARTS) is 1. The lowest BCUT2D eigenvalue weighted by molar-refractivity contribution is -0.144. The van der Waals surface area contributed by atoms with Crippen LogP contribution in [-0.4, -0.2) is 27.4 Å². The van der Waals surface area contributed by atoms with Crippen LogP contribution in [0, 0.1) is 19.8 Å². The minimum Gasteiger partial charge on any atom is -0.480 e. The summed E-state index contributed by atoms with van der Waals surface area (Å²) in [6, 6.07) is 0. The molecule has 6 heteroatoms. The summed E-state index contributed by atoms with van der Waals surface area (Å²) in [5.41, 5.74) is 5.87. The number of aryl methyl sites for hydroxylation is 2. The first-order valence-corrected chi connectivity index (χ1v) is 7.51. The number of carbonyl (C=O) groups is 1. The van der Waals surface area contributed by atoms with Crippen LogP contribution in [0.1, 0.15) is 37.1 Å². The number of rotatable bonds is 5. The van der Waals surface area contributed by atoms with E-state index in [0.29, 0.717) is 11.6 Å². The number of carboxylic acids is 1. The van der Waals surface area contributed by atoms with Crippen LogP contribution >= 0.6 is 11.8 Å². The lowest BCUT2D eigenvalue weighted by atomic mass is 9.86. The van der Waals surface area contributed by atoms with Crippen molar-refractivity contribution < 1.29 is 14.3 Å². The average Bonchev–Trinajstić information content (AvgIpc) is 2.85. The van der Waals surface area contributed by atoms with Gasteiger partial charge in [0, 0.05) is 5.75 Å². The summed E-state index contributed by atoms with van der Waals surface area (Å²) >= 11 is 1.53. The normalized spacial score (nSPS) is 26.8. The highest BCUT2D eigenvalue weighted by molar-refractivity contribution is 7.99. The summed E-state index contributed by atoms with van der Waals surface area (Å²) in [7, 11) is 0. The first kappa shape index (κ1) is 14.4. The van der Waals surface area contributed by atoms with E-state index in [1.54, 1.807) is 0 Å². The monoisotopic (exact) mass is 284 g/mol. The van der Waals surface area contributed by atoms with Crippen molar-refractivity contribution in [2.24, 2.45) is 11.7 Å². The summed E-state index contributed by atoms with van der Waals surface area (Å²) < 4.78 is 5.48. The molecule has 19 heavy (non-hydrogen) atoms. The van der Waals surface area contributed by atoms with Gasteiger partial charge >= 0.3 is 5.97 Å². The van der Waals surface area contributed by atoms with Gasteiger partial charge in [0.05, 0.1) is 5.69 Å². The highest BCUT2D eigenvalue weighted by Gasteiger charge is 2.45. The lowest BCUT2D eigenvalue weighted by Gasteiger charge is -2.26. The van der Waals surface area contributed by atoms with Crippen molar-refractivity contribution in [2.75, 3.05) is 5.75 Å². The molecule has 2 atom stereocenters. The second-order valence-electron chi connectivity index (χ2n) is 5.19. The van der Waals surface area contributed by atoms with Crippen LogP contribution < -0.4 is 5.73 Å². The molecule has 1 aromatic heterocycles. The quantitative estimate of drug-likeness (QED) is 0.807. The average molecular weight is 284 g/mol. The molecule has 106 valence electrons. The Morgan fingerprint density at radius 2 is 2.37 bits per heavy atom. The van der Waals surface area contributed by atoms with Crippen molar-refractivity contribution in [2.45, 2.75) is 50.3 Å². The fraction of sp³-hybridized carbons (Fsp3) is 0.692. The summed E-state index contributed by atoms with van der Waals surface area (Å²) in [6.07, 6.45) is 3.16. The predicted molar refractivity (Wildman–Crippen MR) is 73.2 cm³/mol. The number of nitrogens with two attached hydrogens (primary N) is 1. The fourth-order valence-electron chi connectivity index (χ4n) is 2.58. The van der Waals surface area contributed by atoms with Crippen molar-refractivity contribution >= 4 is 17.7 Å². The molecule has 0 saturated heterocycles. The van der Waals surface area contributed by atoms with Gasteiger partial charge in [0.25, 0.3) is 5.22 Å². The molecule has 1 heterocycles. The summed E-state index contributed by atoms with van der Waals surface area (Å²) in [4.78, 5) is 15.5. The first-order chi connectivity index (χ1) is 8.93. The van der Waals surface area contributed by atoms with Crippen molar-refractivity contribution in [1.82, 2.24) is 4.98 Å². The van der Waals surface area contributed by atoms with E-state index in [9.17, 15) is 9.90 Å². The maximum absolute atomic E-state index is 11.3. The molecule has 1 aliphatic carbocycles. The van der Waals surface area contributed by atoms with Gasteiger partial charge in [-0.05, 0) is 39.0 Å². The summed E-state index contributed by atoms with van der Waals surface area (Å²) in [6.45, 7) is 3.80. The number of oxazole rings is 1. The maximum Gasteiger partial charge on any atom is 0.323 e. The van der Waals surface area contributed by atoms with Crippen LogP contribution in [0.5, 0.6) is 0 Å². The number of nitrogens with zero attached hydrogens (tertiary/aromatic N) is 1. The van der Waals surface area contributed by atoms with Crippen LogP contribution in [0.4, 0.5) is 0 Å². The van der Waals surface area contributed by atoms with Crippen molar-refractivity contribution in [3.05, 3.63) is 11.5 Å². The molecule has 0 spiro atoms. The van der Waals surface area contributed by atoms with E-state index in [4.69, 9.17) is 10.2 Å². The zero-order valence-electron chi connectivity index (χ0n) is 11.3. The predicted octanol–water partition coefficient (Wildman–Crippen LogP) is 2.36. The van der Waals surface area contributed by atoms with E-state index in [1.165, 1.54) is 11.8 Å². The van der Waals surface area contributed by atoms with Gasteiger partial charge in [-0.25, -0.2) is 4.98 Å². The molecule has 3 N–H and O–H groups in total. The third kappa shape index (κ3) is 2.95. The SMILES string of the molecule is Cc1nc(SCCC2CCCC2(N)C(=O)O)oc1C. The Morgan fingerprint density at radius 3 is 2.95 bits per heavy atom. The highest BCUT2D eigenvalue weighted by atomic mass is 32.2. The highest BCUT2D eigenvalue weighted by Crippen LogP contribution is 2.37. The van der Waals surface area contributed by atoms with Gasteiger partial charge in [-0.2, -0.15) is 0 Å². The number of thioether (sulfide) groups is 1. The van der Waals surface area contributed by atoms with Crippen molar-refractivity contribution in [3.8, 4) is 0 Å². The van der Waals surface area contributed by atoms with Crippen molar-refractivity contribution in [1.29, 1.82) is 0 Å². The van der Waals surface area contributed by atoms with Gasteiger partial charge in [-0.3, -0.25) is 4.79 Å². The largest absolute Gasteiger partial charge is 0.480 e. The van der Waals surface area contributed by atoms with Crippen LogP contribution in [0.15, 0.2) is 9.64 Å². The molecule has 0 bridgehead atoms. The fourth-order valence-corrected chi connectivity index (χ4v) is 3.54. The third-order valence-electron chi connectivity index (χ3n) is 3.97. The Kier molecular flexibility index (Phi) is 4.20. The summed E-state index contributed by atoms with van der Waals surface area (Å²) in [5, 5.41) is 9.89. The van der Waals surface area contributed by atoms with Crippen LogP contribution in [0.2, 0.25) is 0 Å². The second-order valence-corrected chi connectivity index (χ2v) is 6.24. The molecule has 1 fully saturated rings. The summed E-state index contributed by atoms with van der Waals surface area (Å²) in [5.74, 6) is 0.801. The van der Waals surface area contributed by atoms with Crippen molar-refractivity contribution in [3.63, 3.8) is 0 Å². The molecular weight excluding hydrogens is 264 g/mol. The number of hydrogen-bond acceptors (Lipinski definition) is 5. The number of aromatic nitrogens is 1. The lowest BCUT2D eigenvalue weighted by Crippen LogP contribution is -2.51. The minimum atomic E-state index is -1.04. The van der Waals surface area contributed by atoms with Crippen LogP contribution in [0.25, 0.3) is 0 Å². The Balaban J connectivity index is 1.87. The molecular formula is C13H20N2O3S. The molecule has 0 amide bonds. The van der Waals surface area contributed by atoms with Gasteiger partial charge in [0.2, 0.25) is 0 Å². The Hall–Kier alpha value is -1.01. The molecule has 1 aromatic rings. The standard InChI is InChI=1S/C13H20N2O3S/c1-8-9(2)18-12(15-8)19-7-5-10-4-3-6-13(10,14)11(16)17/h10H,3-7,14H2,1-2H3,(H,16,17). The van der Waals surface area contributed by atoms with Crippen LogP contribution in [0.3, 0.4) is 0 Å². The van der Waals surface area contributed by atoms with E-state index in [2.05, 4.69) is 4.98 Å². The number of aliphatic carboxylic acids is 1. The van der Waals surface area contributed by atoms with Gasteiger partial charge in [-0.15, -0.1) is 0 Å². The first-order valence-electron chi connectivity index (χ1n) is 6.52. The third-order valence-corrected chi connectivity index (χ3v) is 4.83. The maximum atomic E-state index is 11.3. The zero-order valence-corrected chi connectivity index (χ0v) is 12.1. The molecule has 1 aliphatic rings. The van der Waals surface area contributed by atoms with E-state index < -0.39 is 11.5 Å².